The molecule has 0 bridgehead atoms. The molecule has 0 radical (unpaired) electrons. The van der Waals surface area contributed by atoms with Gasteiger partial charge in [-0.05, 0) is 49.4 Å². The molecule has 1 aromatic carbocycles. The highest BCUT2D eigenvalue weighted by Gasteiger charge is 2.25. The van der Waals surface area contributed by atoms with Gasteiger partial charge in [0.2, 0.25) is 0 Å². The highest BCUT2D eigenvalue weighted by molar-refractivity contribution is 5.33. The molecule has 3 nitrogen and oxygen atoms in total. The molecule has 0 aromatic heterocycles. The molecule has 1 heterocycles. The minimum Gasteiger partial charge on any atom is -0.494 e. The van der Waals surface area contributed by atoms with Crippen molar-refractivity contribution in [1.82, 2.24) is 4.90 Å². The van der Waals surface area contributed by atoms with Crippen LogP contribution in [0, 0.1) is 19.8 Å². The molecule has 19 heavy (non-hydrogen) atoms. The maximum Gasteiger partial charge on any atom is 0.119 e. The molecular formula is C16H26N2O. The van der Waals surface area contributed by atoms with Crippen LogP contribution in [-0.2, 0) is 0 Å². The molecule has 2 rings (SSSR count). The molecule has 0 aliphatic carbocycles. The Morgan fingerprint density at radius 1 is 1.26 bits per heavy atom. The summed E-state index contributed by atoms with van der Waals surface area (Å²) in [5, 5.41) is 0. The predicted molar refractivity (Wildman–Crippen MR) is 79.6 cm³/mol. The lowest BCUT2D eigenvalue weighted by Crippen LogP contribution is -2.29. The number of ether oxygens (including phenoxy) is 1. The summed E-state index contributed by atoms with van der Waals surface area (Å²) in [5.41, 5.74) is 8.62. The van der Waals surface area contributed by atoms with Gasteiger partial charge in [-0.2, -0.15) is 0 Å². The smallest absolute Gasteiger partial charge is 0.119 e. The molecule has 0 amide bonds. The summed E-state index contributed by atoms with van der Waals surface area (Å²) in [6, 6.07) is 6.63. The zero-order valence-electron chi connectivity index (χ0n) is 12.4. The number of hydrogen-bond donors (Lipinski definition) is 1. The van der Waals surface area contributed by atoms with Gasteiger partial charge in [-0.25, -0.2) is 0 Å². The van der Waals surface area contributed by atoms with E-state index < -0.39 is 0 Å². The van der Waals surface area contributed by atoms with E-state index in [1.165, 1.54) is 11.1 Å². The number of likely N-dealkylation sites (tertiary alicyclic amines) is 1. The first kappa shape index (κ1) is 14.4. The van der Waals surface area contributed by atoms with E-state index >= 15 is 0 Å². The summed E-state index contributed by atoms with van der Waals surface area (Å²) >= 11 is 0. The van der Waals surface area contributed by atoms with Gasteiger partial charge in [0.25, 0.3) is 0 Å². The maximum atomic E-state index is 6.02. The average molecular weight is 262 g/mol. The molecule has 1 fully saturated rings. The van der Waals surface area contributed by atoms with Crippen LogP contribution in [0.1, 0.15) is 24.5 Å². The van der Waals surface area contributed by atoms with E-state index in [1.54, 1.807) is 0 Å². The maximum absolute atomic E-state index is 6.02. The Morgan fingerprint density at radius 2 is 2.05 bits per heavy atom. The van der Waals surface area contributed by atoms with Crippen LogP contribution in [0.15, 0.2) is 18.2 Å². The highest BCUT2D eigenvalue weighted by atomic mass is 16.5. The van der Waals surface area contributed by atoms with E-state index in [4.69, 9.17) is 10.5 Å². The fourth-order valence-electron chi connectivity index (χ4n) is 2.56. The largest absolute Gasteiger partial charge is 0.494 e. The molecule has 1 aliphatic rings. The van der Waals surface area contributed by atoms with Crippen LogP contribution in [0.25, 0.3) is 0 Å². The summed E-state index contributed by atoms with van der Waals surface area (Å²) in [5.74, 6) is 1.61. The fourth-order valence-corrected chi connectivity index (χ4v) is 2.56. The summed E-state index contributed by atoms with van der Waals surface area (Å²) < 4.78 is 5.80. The van der Waals surface area contributed by atoms with Crippen molar-refractivity contribution >= 4 is 0 Å². The SMILES string of the molecule is Cc1ccc(OCCCN2CC(C)C(N)C2)cc1C. The number of nitrogens with zero attached hydrogens (tertiary/aromatic N) is 1. The van der Waals surface area contributed by atoms with Crippen molar-refractivity contribution in [2.24, 2.45) is 11.7 Å². The summed E-state index contributed by atoms with van der Waals surface area (Å²) in [7, 11) is 0. The normalized spacial score (nSPS) is 23.8. The number of hydrogen-bond acceptors (Lipinski definition) is 3. The zero-order chi connectivity index (χ0) is 13.8. The molecular weight excluding hydrogens is 236 g/mol. The first-order valence-corrected chi connectivity index (χ1v) is 7.24. The topological polar surface area (TPSA) is 38.5 Å². The van der Waals surface area contributed by atoms with Gasteiger partial charge in [0, 0.05) is 25.7 Å². The third-order valence-corrected chi connectivity index (χ3v) is 4.11. The van der Waals surface area contributed by atoms with Crippen LogP contribution in [0.2, 0.25) is 0 Å². The molecule has 106 valence electrons. The van der Waals surface area contributed by atoms with Gasteiger partial charge in [-0.15, -0.1) is 0 Å². The standard InChI is InChI=1S/C16H26N2O/c1-12-5-6-15(9-13(12)2)19-8-4-7-18-10-14(3)16(17)11-18/h5-6,9,14,16H,4,7-8,10-11,17H2,1-3H3. The van der Waals surface area contributed by atoms with Crippen molar-refractivity contribution in [1.29, 1.82) is 0 Å². The van der Waals surface area contributed by atoms with Crippen LogP contribution in [0.4, 0.5) is 0 Å². The Labute approximate surface area is 116 Å². The van der Waals surface area contributed by atoms with Gasteiger partial charge in [-0.1, -0.05) is 13.0 Å². The third kappa shape index (κ3) is 3.95. The predicted octanol–water partition coefficient (Wildman–Crippen LogP) is 2.35. The van der Waals surface area contributed by atoms with Crippen molar-refractivity contribution in [3.63, 3.8) is 0 Å². The van der Waals surface area contributed by atoms with Crippen LogP contribution >= 0.6 is 0 Å². The summed E-state index contributed by atoms with van der Waals surface area (Å²) in [6.45, 7) is 10.5. The minimum absolute atomic E-state index is 0.348. The molecule has 1 saturated heterocycles. The fraction of sp³-hybridized carbons (Fsp3) is 0.625. The average Bonchev–Trinajstić information content (AvgIpc) is 2.69. The van der Waals surface area contributed by atoms with Crippen molar-refractivity contribution in [2.45, 2.75) is 33.2 Å². The molecule has 0 saturated carbocycles. The molecule has 2 atom stereocenters. The Morgan fingerprint density at radius 3 is 2.68 bits per heavy atom. The van der Waals surface area contributed by atoms with E-state index in [0.29, 0.717) is 12.0 Å². The lowest BCUT2D eigenvalue weighted by molar-refractivity contribution is 0.259. The van der Waals surface area contributed by atoms with E-state index in [0.717, 1.165) is 38.4 Å². The van der Waals surface area contributed by atoms with E-state index in [2.05, 4.69) is 43.9 Å². The molecule has 2 unspecified atom stereocenters. The van der Waals surface area contributed by atoms with Crippen LogP contribution in [-0.4, -0.2) is 37.2 Å². The van der Waals surface area contributed by atoms with Gasteiger partial charge < -0.3 is 15.4 Å². The van der Waals surface area contributed by atoms with Gasteiger partial charge in [0.15, 0.2) is 0 Å². The van der Waals surface area contributed by atoms with Gasteiger partial charge >= 0.3 is 0 Å². The van der Waals surface area contributed by atoms with E-state index in [-0.39, 0.29) is 0 Å². The minimum atomic E-state index is 0.348. The Kier molecular flexibility index (Phi) is 4.83. The lowest BCUT2D eigenvalue weighted by atomic mass is 10.1. The highest BCUT2D eigenvalue weighted by Crippen LogP contribution is 2.17. The summed E-state index contributed by atoms with van der Waals surface area (Å²) in [6.07, 6.45) is 1.06. The Hall–Kier alpha value is -1.06. The van der Waals surface area contributed by atoms with Gasteiger partial charge in [0.05, 0.1) is 6.61 Å². The number of aryl methyl sites for hydroxylation is 2. The summed E-state index contributed by atoms with van der Waals surface area (Å²) in [4.78, 5) is 2.44. The Balaban J connectivity index is 1.68. The van der Waals surface area contributed by atoms with Crippen LogP contribution in [0.5, 0.6) is 5.75 Å². The van der Waals surface area contributed by atoms with Crippen molar-refractivity contribution in [2.75, 3.05) is 26.2 Å². The monoisotopic (exact) mass is 262 g/mol. The lowest BCUT2D eigenvalue weighted by Gasteiger charge is -2.15. The van der Waals surface area contributed by atoms with Crippen LogP contribution < -0.4 is 10.5 Å². The first-order valence-electron chi connectivity index (χ1n) is 7.24. The molecule has 1 aliphatic heterocycles. The molecule has 0 spiro atoms. The molecule has 1 aromatic rings. The van der Waals surface area contributed by atoms with Crippen molar-refractivity contribution < 1.29 is 4.74 Å². The first-order chi connectivity index (χ1) is 9.06. The zero-order valence-corrected chi connectivity index (χ0v) is 12.4. The molecule has 3 heteroatoms. The second-order valence-corrected chi connectivity index (χ2v) is 5.85. The van der Waals surface area contributed by atoms with Crippen molar-refractivity contribution in [3.8, 4) is 5.75 Å². The van der Waals surface area contributed by atoms with Gasteiger partial charge in [-0.3, -0.25) is 0 Å². The second-order valence-electron chi connectivity index (χ2n) is 5.85. The third-order valence-electron chi connectivity index (χ3n) is 4.11. The number of nitrogens with two attached hydrogens (primary N) is 1. The second kappa shape index (κ2) is 6.40. The van der Waals surface area contributed by atoms with Crippen molar-refractivity contribution in [3.05, 3.63) is 29.3 Å². The number of benzene rings is 1. The van der Waals surface area contributed by atoms with E-state index in [1.807, 2.05) is 0 Å². The van der Waals surface area contributed by atoms with E-state index in [9.17, 15) is 0 Å². The van der Waals surface area contributed by atoms with Crippen LogP contribution in [0.3, 0.4) is 0 Å². The molecule has 2 N–H and O–H groups in total. The number of rotatable bonds is 5. The Bertz CT molecular complexity index is 409. The van der Waals surface area contributed by atoms with Gasteiger partial charge in [0.1, 0.15) is 5.75 Å². The quantitative estimate of drug-likeness (QED) is 0.828.